The van der Waals surface area contributed by atoms with Gasteiger partial charge in [-0.15, -0.1) is 11.3 Å². The molecule has 0 aliphatic heterocycles. The Balaban J connectivity index is 3.17. The monoisotopic (exact) mass is 156 g/mol. The van der Waals surface area contributed by atoms with Gasteiger partial charge in [0.2, 0.25) is 0 Å². The highest BCUT2D eigenvalue weighted by molar-refractivity contribution is 7.12. The van der Waals surface area contributed by atoms with Gasteiger partial charge in [-0.1, -0.05) is 0 Å². The first kappa shape index (κ1) is 7.08. The van der Waals surface area contributed by atoms with Crippen LogP contribution in [0.25, 0.3) is 0 Å². The van der Waals surface area contributed by atoms with Crippen molar-refractivity contribution in [2.45, 2.75) is 6.92 Å². The van der Waals surface area contributed by atoms with Gasteiger partial charge in [0.1, 0.15) is 4.88 Å². The van der Waals surface area contributed by atoms with Gasteiger partial charge in [-0.2, -0.15) is 0 Å². The van der Waals surface area contributed by atoms with E-state index in [2.05, 4.69) is 0 Å². The number of rotatable bonds is 1. The van der Waals surface area contributed by atoms with Crippen molar-refractivity contribution < 1.29 is 4.79 Å². The van der Waals surface area contributed by atoms with Gasteiger partial charge < -0.3 is 11.5 Å². The molecule has 0 fully saturated rings. The van der Waals surface area contributed by atoms with E-state index in [0.717, 1.165) is 5.56 Å². The first-order valence-electron chi connectivity index (χ1n) is 2.76. The summed E-state index contributed by atoms with van der Waals surface area (Å²) in [6, 6.07) is 0. The van der Waals surface area contributed by atoms with Crippen LogP contribution in [0.15, 0.2) is 5.38 Å². The Morgan fingerprint density at radius 2 is 2.30 bits per heavy atom. The Bertz CT molecular complexity index is 267. The van der Waals surface area contributed by atoms with E-state index >= 15 is 0 Å². The molecular formula is C6H8N2OS. The van der Waals surface area contributed by atoms with Crippen LogP contribution in [0.4, 0.5) is 5.69 Å². The van der Waals surface area contributed by atoms with Gasteiger partial charge >= 0.3 is 0 Å². The van der Waals surface area contributed by atoms with Crippen LogP contribution in [0.1, 0.15) is 15.2 Å². The number of anilines is 1. The molecule has 54 valence electrons. The number of carbonyl (C=O) groups excluding carboxylic acids is 1. The predicted octanol–water partition coefficient (Wildman–Crippen LogP) is 0.738. The van der Waals surface area contributed by atoms with Gasteiger partial charge in [-0.3, -0.25) is 4.79 Å². The minimum Gasteiger partial charge on any atom is -0.397 e. The fourth-order valence-electron chi connectivity index (χ4n) is 0.644. The fourth-order valence-corrected chi connectivity index (χ4v) is 1.47. The van der Waals surface area contributed by atoms with E-state index in [1.807, 2.05) is 12.3 Å². The van der Waals surface area contributed by atoms with Crippen molar-refractivity contribution in [3.63, 3.8) is 0 Å². The maximum absolute atomic E-state index is 10.6. The van der Waals surface area contributed by atoms with E-state index in [1.165, 1.54) is 11.3 Å². The lowest BCUT2D eigenvalue weighted by atomic mass is 10.3. The molecule has 4 heteroatoms. The molecule has 0 radical (unpaired) electrons. The van der Waals surface area contributed by atoms with Crippen LogP contribution in [-0.4, -0.2) is 5.91 Å². The third-order valence-electron chi connectivity index (χ3n) is 1.25. The molecule has 3 nitrogen and oxygen atoms in total. The molecule has 0 saturated carbocycles. The molecule has 1 aromatic heterocycles. The number of nitrogens with two attached hydrogens (primary N) is 2. The van der Waals surface area contributed by atoms with Gasteiger partial charge in [0, 0.05) is 0 Å². The quantitative estimate of drug-likeness (QED) is 0.629. The summed E-state index contributed by atoms with van der Waals surface area (Å²) in [5, 5.41) is 1.81. The summed E-state index contributed by atoms with van der Waals surface area (Å²) in [6.07, 6.45) is 0. The van der Waals surface area contributed by atoms with E-state index in [-0.39, 0.29) is 0 Å². The molecule has 0 aliphatic rings. The highest BCUT2D eigenvalue weighted by Gasteiger charge is 2.08. The number of amides is 1. The molecule has 4 N–H and O–H groups in total. The Hall–Kier alpha value is -1.03. The topological polar surface area (TPSA) is 69.1 Å². The van der Waals surface area contributed by atoms with E-state index in [9.17, 15) is 4.79 Å². The Morgan fingerprint density at radius 1 is 1.70 bits per heavy atom. The van der Waals surface area contributed by atoms with Gasteiger partial charge in [0.25, 0.3) is 5.91 Å². The van der Waals surface area contributed by atoms with Crippen molar-refractivity contribution in [2.24, 2.45) is 5.73 Å². The molecule has 0 unspecified atom stereocenters. The number of nitrogen functional groups attached to an aromatic ring is 1. The highest BCUT2D eigenvalue weighted by Crippen LogP contribution is 2.23. The van der Waals surface area contributed by atoms with Crippen LogP contribution < -0.4 is 11.5 Å². The number of aryl methyl sites for hydroxylation is 1. The van der Waals surface area contributed by atoms with Crippen molar-refractivity contribution in [1.82, 2.24) is 0 Å². The average Bonchev–Trinajstić information content (AvgIpc) is 2.14. The van der Waals surface area contributed by atoms with Crippen molar-refractivity contribution in [3.05, 3.63) is 15.8 Å². The molecule has 0 saturated heterocycles. The normalized spacial score (nSPS) is 9.70. The van der Waals surface area contributed by atoms with E-state index in [4.69, 9.17) is 11.5 Å². The first-order chi connectivity index (χ1) is 4.63. The largest absolute Gasteiger partial charge is 0.397 e. The molecule has 0 atom stereocenters. The smallest absolute Gasteiger partial charge is 0.260 e. The number of hydrogen-bond donors (Lipinski definition) is 2. The van der Waals surface area contributed by atoms with Gasteiger partial charge in [-0.05, 0) is 17.9 Å². The summed E-state index contributed by atoms with van der Waals surface area (Å²) >= 11 is 1.28. The SMILES string of the molecule is Cc1csc(C(N)=O)c1N. The lowest BCUT2D eigenvalue weighted by Crippen LogP contribution is -2.10. The lowest BCUT2D eigenvalue weighted by molar-refractivity contribution is 0.100. The van der Waals surface area contributed by atoms with Crippen LogP contribution >= 0.6 is 11.3 Å². The van der Waals surface area contributed by atoms with E-state index in [1.54, 1.807) is 0 Å². The second-order valence-corrected chi connectivity index (χ2v) is 2.91. The van der Waals surface area contributed by atoms with E-state index < -0.39 is 5.91 Å². The van der Waals surface area contributed by atoms with Gasteiger partial charge in [-0.25, -0.2) is 0 Å². The zero-order valence-corrected chi connectivity index (χ0v) is 6.37. The van der Waals surface area contributed by atoms with Gasteiger partial charge in [0.05, 0.1) is 5.69 Å². The summed E-state index contributed by atoms with van der Waals surface area (Å²) in [5.74, 6) is -0.449. The number of hydrogen-bond acceptors (Lipinski definition) is 3. The van der Waals surface area contributed by atoms with Crippen molar-refractivity contribution in [3.8, 4) is 0 Å². The molecule has 1 rings (SSSR count). The van der Waals surface area contributed by atoms with Crippen molar-refractivity contribution in [2.75, 3.05) is 5.73 Å². The van der Waals surface area contributed by atoms with Crippen LogP contribution in [-0.2, 0) is 0 Å². The molecule has 0 aromatic carbocycles. The second kappa shape index (κ2) is 2.30. The number of primary amides is 1. The Kier molecular flexibility index (Phi) is 1.63. The minimum atomic E-state index is -0.449. The van der Waals surface area contributed by atoms with Crippen LogP contribution in [0.2, 0.25) is 0 Å². The van der Waals surface area contributed by atoms with Gasteiger partial charge in [0.15, 0.2) is 0 Å². The molecule has 1 aromatic rings. The molecule has 1 heterocycles. The molecular weight excluding hydrogens is 148 g/mol. The third kappa shape index (κ3) is 0.974. The molecule has 0 spiro atoms. The molecule has 0 aliphatic carbocycles. The zero-order valence-electron chi connectivity index (χ0n) is 5.55. The molecule has 10 heavy (non-hydrogen) atoms. The first-order valence-corrected chi connectivity index (χ1v) is 3.64. The zero-order chi connectivity index (χ0) is 7.72. The summed E-state index contributed by atoms with van der Waals surface area (Å²) in [5.41, 5.74) is 12.0. The Labute approximate surface area is 62.6 Å². The van der Waals surface area contributed by atoms with Crippen molar-refractivity contribution in [1.29, 1.82) is 0 Å². The summed E-state index contributed by atoms with van der Waals surface area (Å²) in [6.45, 7) is 1.85. The second-order valence-electron chi connectivity index (χ2n) is 2.03. The maximum atomic E-state index is 10.6. The Morgan fingerprint density at radius 3 is 2.50 bits per heavy atom. The van der Waals surface area contributed by atoms with Crippen LogP contribution in [0, 0.1) is 6.92 Å². The number of thiophene rings is 1. The maximum Gasteiger partial charge on any atom is 0.260 e. The highest BCUT2D eigenvalue weighted by atomic mass is 32.1. The third-order valence-corrected chi connectivity index (χ3v) is 2.38. The summed E-state index contributed by atoms with van der Waals surface area (Å²) in [7, 11) is 0. The lowest BCUT2D eigenvalue weighted by Gasteiger charge is -1.91. The minimum absolute atomic E-state index is 0.449. The molecule has 1 amide bonds. The molecule has 0 bridgehead atoms. The predicted molar refractivity (Wildman–Crippen MR) is 42.0 cm³/mol. The summed E-state index contributed by atoms with van der Waals surface area (Å²) in [4.78, 5) is 11.0. The standard InChI is InChI=1S/C6H8N2OS/c1-3-2-10-5(4(3)7)6(8)9/h2H,7H2,1H3,(H2,8,9). The van der Waals surface area contributed by atoms with Crippen molar-refractivity contribution >= 4 is 22.9 Å². The average molecular weight is 156 g/mol. The van der Waals surface area contributed by atoms with E-state index in [0.29, 0.717) is 10.6 Å². The fraction of sp³-hybridized carbons (Fsp3) is 0.167. The van der Waals surface area contributed by atoms with Crippen LogP contribution in [0.3, 0.4) is 0 Å². The summed E-state index contributed by atoms with van der Waals surface area (Å²) < 4.78 is 0. The van der Waals surface area contributed by atoms with Crippen LogP contribution in [0.5, 0.6) is 0 Å². The number of carbonyl (C=O) groups is 1.